The number of hydrogen-bond donors (Lipinski definition) is 0. The summed E-state index contributed by atoms with van der Waals surface area (Å²) in [4.78, 5) is 18.4. The third-order valence-electron chi connectivity index (χ3n) is 3.89. The minimum atomic E-state index is -0.0104. The van der Waals surface area contributed by atoms with E-state index in [0.29, 0.717) is 12.5 Å². The van der Waals surface area contributed by atoms with E-state index in [1.165, 1.54) is 0 Å². The first kappa shape index (κ1) is 15.5. The molecule has 1 aliphatic rings. The largest absolute Gasteiger partial charge is 0.481 e. The van der Waals surface area contributed by atoms with Gasteiger partial charge in [-0.1, -0.05) is 12.1 Å². The second-order valence-electron chi connectivity index (χ2n) is 5.78. The van der Waals surface area contributed by atoms with E-state index in [0.717, 1.165) is 22.4 Å². The molecule has 1 aromatic carbocycles. The second-order valence-corrected chi connectivity index (χ2v) is 5.78. The summed E-state index contributed by atoms with van der Waals surface area (Å²) in [6, 6.07) is 9.94. The predicted octanol–water partition coefficient (Wildman–Crippen LogP) is 3.03. The number of anilines is 1. The maximum Gasteiger partial charge on any atom is 0.253 e. The number of aromatic nitrogens is 1. The Labute approximate surface area is 135 Å². The Morgan fingerprint density at radius 3 is 2.61 bits per heavy atom. The monoisotopic (exact) mass is 312 g/mol. The molecule has 0 spiro atoms. The molecule has 0 fully saturated rings. The normalized spacial score (nSPS) is 14.6. The van der Waals surface area contributed by atoms with Gasteiger partial charge >= 0.3 is 0 Å². The van der Waals surface area contributed by atoms with E-state index in [-0.39, 0.29) is 18.6 Å². The van der Waals surface area contributed by atoms with Crippen LogP contribution in [-0.4, -0.2) is 30.6 Å². The molecule has 1 aromatic heterocycles. The van der Waals surface area contributed by atoms with Gasteiger partial charge in [-0.2, -0.15) is 0 Å². The molecule has 120 valence electrons. The average Bonchev–Trinajstić information content (AvgIpc) is 2.72. The number of rotatable bonds is 3. The molecule has 1 aliphatic heterocycles. The summed E-state index contributed by atoms with van der Waals surface area (Å²) in [7, 11) is 1.59. The number of fused-ring (bicyclic) bond motifs is 1. The average molecular weight is 312 g/mol. The van der Waals surface area contributed by atoms with Gasteiger partial charge in [-0.3, -0.25) is 4.79 Å². The number of hydrogen-bond acceptors (Lipinski definition) is 4. The Morgan fingerprint density at radius 2 is 1.96 bits per heavy atom. The Bertz CT molecular complexity index is 711. The number of ether oxygens (including phenoxy) is 2. The highest BCUT2D eigenvalue weighted by Crippen LogP contribution is 2.32. The highest BCUT2D eigenvalue weighted by atomic mass is 16.5. The molecule has 0 atom stereocenters. The van der Waals surface area contributed by atoms with E-state index < -0.39 is 0 Å². The van der Waals surface area contributed by atoms with E-state index in [9.17, 15) is 4.79 Å². The van der Waals surface area contributed by atoms with Crippen molar-refractivity contribution in [1.82, 2.24) is 4.98 Å². The molecular formula is C18H20N2O3. The summed E-state index contributed by atoms with van der Waals surface area (Å²) in [6.07, 6.45) is 1.77. The summed E-state index contributed by atoms with van der Waals surface area (Å²) in [5.74, 6) is 0.569. The fourth-order valence-corrected chi connectivity index (χ4v) is 2.78. The summed E-state index contributed by atoms with van der Waals surface area (Å²) in [5.41, 5.74) is 3.93. The zero-order chi connectivity index (χ0) is 16.4. The first-order valence-corrected chi connectivity index (χ1v) is 7.63. The van der Waals surface area contributed by atoms with Crippen LogP contribution in [0.4, 0.5) is 5.69 Å². The maximum absolute atomic E-state index is 12.3. The molecule has 0 N–H and O–H groups in total. The van der Waals surface area contributed by atoms with Crippen LogP contribution in [0.3, 0.4) is 0 Å². The Morgan fingerprint density at radius 1 is 1.17 bits per heavy atom. The molecule has 5 heteroatoms. The zero-order valence-corrected chi connectivity index (χ0v) is 13.6. The van der Waals surface area contributed by atoms with Gasteiger partial charge in [0.2, 0.25) is 5.88 Å². The topological polar surface area (TPSA) is 51.7 Å². The maximum atomic E-state index is 12.3. The molecule has 2 aromatic rings. The van der Waals surface area contributed by atoms with Gasteiger partial charge in [-0.05, 0) is 31.5 Å². The number of amides is 1. The highest BCUT2D eigenvalue weighted by molar-refractivity contribution is 5.96. The van der Waals surface area contributed by atoms with Crippen molar-refractivity contribution < 1.29 is 14.3 Å². The summed E-state index contributed by atoms with van der Waals surface area (Å²) < 4.78 is 10.6. The fraction of sp³-hybridized carbons (Fsp3) is 0.333. The van der Waals surface area contributed by atoms with Crippen LogP contribution in [0.1, 0.15) is 19.4 Å². The summed E-state index contributed by atoms with van der Waals surface area (Å²) >= 11 is 0. The molecule has 23 heavy (non-hydrogen) atoms. The lowest BCUT2D eigenvalue weighted by Crippen LogP contribution is -2.38. The van der Waals surface area contributed by atoms with Crippen LogP contribution in [0.5, 0.6) is 5.88 Å². The Hall–Kier alpha value is -2.40. The van der Waals surface area contributed by atoms with Crippen LogP contribution in [-0.2, 0) is 16.1 Å². The quantitative estimate of drug-likeness (QED) is 0.874. The number of benzene rings is 1. The van der Waals surface area contributed by atoms with Crippen LogP contribution in [0.15, 0.2) is 36.5 Å². The molecule has 0 bridgehead atoms. The molecule has 2 heterocycles. The Balaban J connectivity index is 2.05. The van der Waals surface area contributed by atoms with Gasteiger partial charge in [0.1, 0.15) is 6.61 Å². The minimum Gasteiger partial charge on any atom is -0.481 e. The van der Waals surface area contributed by atoms with Crippen molar-refractivity contribution in [2.24, 2.45) is 0 Å². The molecule has 3 rings (SSSR count). The van der Waals surface area contributed by atoms with Gasteiger partial charge in [-0.15, -0.1) is 0 Å². The van der Waals surface area contributed by atoms with Crippen LogP contribution < -0.4 is 9.64 Å². The summed E-state index contributed by atoms with van der Waals surface area (Å²) in [5, 5.41) is 0. The van der Waals surface area contributed by atoms with Gasteiger partial charge in [0.15, 0.2) is 0 Å². The van der Waals surface area contributed by atoms with E-state index in [1.54, 1.807) is 13.3 Å². The molecule has 0 aliphatic carbocycles. The van der Waals surface area contributed by atoms with E-state index >= 15 is 0 Å². The van der Waals surface area contributed by atoms with Crippen LogP contribution >= 0.6 is 0 Å². The fourth-order valence-electron chi connectivity index (χ4n) is 2.78. The predicted molar refractivity (Wildman–Crippen MR) is 88.5 cm³/mol. The summed E-state index contributed by atoms with van der Waals surface area (Å²) in [6.45, 7) is 4.58. The number of methoxy groups -OCH3 is 1. The van der Waals surface area contributed by atoms with E-state index in [1.807, 2.05) is 49.1 Å². The first-order valence-electron chi connectivity index (χ1n) is 7.63. The molecule has 0 saturated heterocycles. The number of pyridine rings is 1. The highest BCUT2D eigenvalue weighted by Gasteiger charge is 2.25. The van der Waals surface area contributed by atoms with Crippen LogP contribution in [0.25, 0.3) is 11.1 Å². The third-order valence-corrected chi connectivity index (χ3v) is 3.89. The molecule has 0 unspecified atom stereocenters. The molecule has 1 amide bonds. The SMILES string of the molecule is COc1ccc(-c2ccc3c(c2)N(C(C)C)C(=O)COC3)cn1. The van der Waals surface area contributed by atoms with Crippen molar-refractivity contribution in [2.75, 3.05) is 18.6 Å². The van der Waals surface area contributed by atoms with Crippen molar-refractivity contribution in [3.8, 4) is 17.0 Å². The van der Waals surface area contributed by atoms with Gasteiger partial charge < -0.3 is 14.4 Å². The smallest absolute Gasteiger partial charge is 0.253 e. The van der Waals surface area contributed by atoms with Crippen molar-refractivity contribution in [3.63, 3.8) is 0 Å². The lowest BCUT2D eigenvalue weighted by Gasteiger charge is -2.27. The van der Waals surface area contributed by atoms with Crippen LogP contribution in [0.2, 0.25) is 0 Å². The Kier molecular flexibility index (Phi) is 4.30. The third kappa shape index (κ3) is 3.05. The molecule has 0 radical (unpaired) electrons. The van der Waals surface area contributed by atoms with E-state index in [4.69, 9.17) is 9.47 Å². The molecule has 5 nitrogen and oxygen atoms in total. The zero-order valence-electron chi connectivity index (χ0n) is 13.6. The van der Waals surface area contributed by atoms with Gasteiger partial charge in [0, 0.05) is 29.4 Å². The van der Waals surface area contributed by atoms with Gasteiger partial charge in [0.05, 0.1) is 19.4 Å². The number of nitrogens with zero attached hydrogens (tertiary/aromatic N) is 2. The lowest BCUT2D eigenvalue weighted by molar-refractivity contribution is -0.123. The first-order chi connectivity index (χ1) is 11.1. The van der Waals surface area contributed by atoms with Crippen molar-refractivity contribution >= 4 is 11.6 Å². The minimum absolute atomic E-state index is 0.0104. The van der Waals surface area contributed by atoms with Crippen molar-refractivity contribution in [1.29, 1.82) is 0 Å². The molecule has 0 saturated carbocycles. The number of carbonyl (C=O) groups is 1. The van der Waals surface area contributed by atoms with Crippen molar-refractivity contribution in [2.45, 2.75) is 26.5 Å². The van der Waals surface area contributed by atoms with Gasteiger partial charge in [0.25, 0.3) is 5.91 Å². The lowest BCUT2D eigenvalue weighted by atomic mass is 10.0. The molecular weight excluding hydrogens is 292 g/mol. The van der Waals surface area contributed by atoms with Gasteiger partial charge in [-0.25, -0.2) is 4.98 Å². The number of carbonyl (C=O) groups excluding carboxylic acids is 1. The van der Waals surface area contributed by atoms with E-state index in [2.05, 4.69) is 4.98 Å². The standard InChI is InChI=1S/C18H20N2O3/c1-12(2)20-16-8-13(14-6-7-17(22-3)19-9-14)4-5-15(16)10-23-11-18(20)21/h4-9,12H,10-11H2,1-3H3. The van der Waals surface area contributed by atoms with Crippen molar-refractivity contribution in [3.05, 3.63) is 42.1 Å². The second kappa shape index (κ2) is 6.38. The van der Waals surface area contributed by atoms with Crippen LogP contribution in [0, 0.1) is 0 Å².